The number of benzene rings is 1. The summed E-state index contributed by atoms with van der Waals surface area (Å²) >= 11 is 11.7. The molecule has 0 aliphatic heterocycles. The zero-order chi connectivity index (χ0) is 14.8. The zero-order valence-electron chi connectivity index (χ0n) is 11.0. The van der Waals surface area contributed by atoms with Crippen molar-refractivity contribution < 1.29 is 8.42 Å². The predicted octanol–water partition coefficient (Wildman–Crippen LogP) is 2.79. The van der Waals surface area contributed by atoms with Gasteiger partial charge >= 0.3 is 0 Å². The molecular weight excluding hydrogens is 319 g/mol. The zero-order valence-corrected chi connectivity index (χ0v) is 13.3. The highest BCUT2D eigenvalue weighted by Crippen LogP contribution is 2.27. The van der Waals surface area contributed by atoms with Crippen LogP contribution in [-0.4, -0.2) is 21.0 Å². The van der Waals surface area contributed by atoms with Gasteiger partial charge in [0.15, 0.2) is 0 Å². The standard InChI is InChI=1S/C13H18Cl2N2O2S/c14-11-6-5-10(7-12(11)15)20(18,19)17-13-4-2-1-3-9(13)8-16/h5-7,9,13,17H,1-4,8,16H2. The average molecular weight is 337 g/mol. The summed E-state index contributed by atoms with van der Waals surface area (Å²) in [5, 5.41) is 0.566. The van der Waals surface area contributed by atoms with Gasteiger partial charge in [0.2, 0.25) is 10.0 Å². The summed E-state index contributed by atoms with van der Waals surface area (Å²) in [4.78, 5) is 0.133. The van der Waals surface area contributed by atoms with Gasteiger partial charge in [-0.25, -0.2) is 13.1 Å². The van der Waals surface area contributed by atoms with Crippen molar-refractivity contribution in [3.05, 3.63) is 28.2 Å². The van der Waals surface area contributed by atoms with Crippen molar-refractivity contribution in [3.8, 4) is 0 Å². The Morgan fingerprint density at radius 1 is 1.20 bits per heavy atom. The van der Waals surface area contributed by atoms with Crippen LogP contribution in [0.25, 0.3) is 0 Å². The minimum Gasteiger partial charge on any atom is -0.330 e. The summed E-state index contributed by atoms with van der Waals surface area (Å²) in [6, 6.07) is 4.21. The van der Waals surface area contributed by atoms with Crippen LogP contribution in [0.3, 0.4) is 0 Å². The van der Waals surface area contributed by atoms with Gasteiger partial charge in [-0.05, 0) is 43.5 Å². The van der Waals surface area contributed by atoms with Crippen molar-refractivity contribution in [2.24, 2.45) is 11.7 Å². The average Bonchev–Trinajstić information content (AvgIpc) is 2.42. The smallest absolute Gasteiger partial charge is 0.240 e. The van der Waals surface area contributed by atoms with E-state index in [0.717, 1.165) is 25.7 Å². The topological polar surface area (TPSA) is 72.2 Å². The third-order valence-corrected chi connectivity index (χ3v) is 5.95. The number of hydrogen-bond acceptors (Lipinski definition) is 3. The first-order valence-electron chi connectivity index (χ1n) is 6.61. The van der Waals surface area contributed by atoms with E-state index in [9.17, 15) is 8.42 Å². The van der Waals surface area contributed by atoms with E-state index in [2.05, 4.69) is 4.72 Å². The normalized spacial score (nSPS) is 23.8. The van der Waals surface area contributed by atoms with Crippen molar-refractivity contribution in [1.82, 2.24) is 4.72 Å². The largest absolute Gasteiger partial charge is 0.330 e. The highest BCUT2D eigenvalue weighted by molar-refractivity contribution is 7.89. The first-order valence-corrected chi connectivity index (χ1v) is 8.85. The van der Waals surface area contributed by atoms with E-state index in [1.165, 1.54) is 18.2 Å². The monoisotopic (exact) mass is 336 g/mol. The van der Waals surface area contributed by atoms with Crippen LogP contribution < -0.4 is 10.5 Å². The molecule has 1 aliphatic carbocycles. The van der Waals surface area contributed by atoms with Crippen molar-refractivity contribution in [3.63, 3.8) is 0 Å². The molecule has 1 aliphatic rings. The Morgan fingerprint density at radius 3 is 2.55 bits per heavy atom. The summed E-state index contributed by atoms with van der Waals surface area (Å²) < 4.78 is 27.5. The van der Waals surface area contributed by atoms with Crippen LogP contribution in [0.4, 0.5) is 0 Å². The van der Waals surface area contributed by atoms with E-state index < -0.39 is 10.0 Å². The molecule has 1 aromatic carbocycles. The molecule has 0 radical (unpaired) electrons. The Labute approximate surface area is 129 Å². The molecule has 4 nitrogen and oxygen atoms in total. The molecule has 112 valence electrons. The second-order valence-electron chi connectivity index (χ2n) is 5.08. The van der Waals surface area contributed by atoms with Crippen molar-refractivity contribution in [2.75, 3.05) is 6.54 Å². The van der Waals surface area contributed by atoms with E-state index in [4.69, 9.17) is 28.9 Å². The quantitative estimate of drug-likeness (QED) is 0.887. The molecule has 3 N–H and O–H groups in total. The maximum Gasteiger partial charge on any atom is 0.240 e. The van der Waals surface area contributed by atoms with E-state index in [1.807, 2.05) is 0 Å². The molecule has 0 bridgehead atoms. The lowest BCUT2D eigenvalue weighted by Crippen LogP contribution is -2.44. The first kappa shape index (κ1) is 16.0. The second kappa shape index (κ2) is 6.62. The maximum absolute atomic E-state index is 12.4. The minimum atomic E-state index is -3.59. The SMILES string of the molecule is NCC1CCCCC1NS(=O)(=O)c1ccc(Cl)c(Cl)c1. The molecule has 20 heavy (non-hydrogen) atoms. The summed E-state index contributed by atoms with van der Waals surface area (Å²) in [6.07, 6.45) is 3.91. The van der Waals surface area contributed by atoms with E-state index in [0.29, 0.717) is 11.6 Å². The first-order chi connectivity index (χ1) is 9.44. The fourth-order valence-electron chi connectivity index (χ4n) is 2.56. The molecule has 1 aromatic rings. The van der Waals surface area contributed by atoms with Gasteiger partial charge in [-0.15, -0.1) is 0 Å². The highest BCUT2D eigenvalue weighted by Gasteiger charge is 2.28. The van der Waals surface area contributed by atoms with Crippen LogP contribution in [0.2, 0.25) is 10.0 Å². The summed E-state index contributed by atoms with van der Waals surface area (Å²) in [5.41, 5.74) is 5.72. The van der Waals surface area contributed by atoms with Gasteiger partial charge in [-0.2, -0.15) is 0 Å². The van der Waals surface area contributed by atoms with Gasteiger partial charge in [0.05, 0.1) is 14.9 Å². The number of sulfonamides is 1. The molecule has 1 fully saturated rings. The minimum absolute atomic E-state index is 0.104. The lowest BCUT2D eigenvalue weighted by molar-refractivity contribution is 0.296. The van der Waals surface area contributed by atoms with Crippen LogP contribution in [0, 0.1) is 5.92 Å². The Kier molecular flexibility index (Phi) is 5.31. The van der Waals surface area contributed by atoms with Gasteiger partial charge < -0.3 is 5.73 Å². The van der Waals surface area contributed by atoms with Crippen molar-refractivity contribution >= 4 is 33.2 Å². The number of nitrogens with two attached hydrogens (primary N) is 1. The van der Waals surface area contributed by atoms with Crippen LogP contribution in [0.1, 0.15) is 25.7 Å². The van der Waals surface area contributed by atoms with Crippen LogP contribution in [0.5, 0.6) is 0 Å². The van der Waals surface area contributed by atoms with E-state index in [1.54, 1.807) is 0 Å². The van der Waals surface area contributed by atoms with Gasteiger partial charge in [-0.1, -0.05) is 36.0 Å². The van der Waals surface area contributed by atoms with Crippen LogP contribution in [-0.2, 0) is 10.0 Å². The third kappa shape index (κ3) is 3.65. The molecule has 2 unspecified atom stereocenters. The Morgan fingerprint density at radius 2 is 1.90 bits per heavy atom. The second-order valence-corrected chi connectivity index (χ2v) is 7.61. The van der Waals surface area contributed by atoms with Gasteiger partial charge in [0.1, 0.15) is 0 Å². The lowest BCUT2D eigenvalue weighted by Gasteiger charge is -2.31. The predicted molar refractivity (Wildman–Crippen MR) is 81.6 cm³/mol. The van der Waals surface area contributed by atoms with Crippen LogP contribution in [0.15, 0.2) is 23.1 Å². The molecule has 0 amide bonds. The fourth-order valence-corrected chi connectivity index (χ4v) is 4.28. The van der Waals surface area contributed by atoms with E-state index >= 15 is 0 Å². The summed E-state index contributed by atoms with van der Waals surface area (Å²) in [7, 11) is -3.59. The Balaban J connectivity index is 2.19. The molecule has 2 rings (SSSR count). The summed E-state index contributed by atoms with van der Waals surface area (Å²) in [6.45, 7) is 0.495. The molecule has 0 aromatic heterocycles. The number of nitrogens with one attached hydrogen (secondary N) is 1. The number of hydrogen-bond donors (Lipinski definition) is 2. The molecular formula is C13H18Cl2N2O2S. The molecule has 0 heterocycles. The van der Waals surface area contributed by atoms with Gasteiger partial charge in [0.25, 0.3) is 0 Å². The van der Waals surface area contributed by atoms with Crippen molar-refractivity contribution in [2.45, 2.75) is 36.6 Å². The van der Waals surface area contributed by atoms with Crippen molar-refractivity contribution in [1.29, 1.82) is 0 Å². The molecule has 0 spiro atoms. The van der Waals surface area contributed by atoms with Gasteiger partial charge in [0, 0.05) is 6.04 Å². The van der Waals surface area contributed by atoms with Crippen LogP contribution >= 0.6 is 23.2 Å². The van der Waals surface area contributed by atoms with E-state index in [-0.39, 0.29) is 21.9 Å². The number of halogens is 2. The molecule has 0 saturated heterocycles. The Hall–Kier alpha value is -0.330. The van der Waals surface area contributed by atoms with Gasteiger partial charge in [-0.3, -0.25) is 0 Å². The Bertz CT molecular complexity index is 578. The highest BCUT2D eigenvalue weighted by atomic mass is 35.5. The summed E-state index contributed by atoms with van der Waals surface area (Å²) in [5.74, 6) is 0.196. The fraction of sp³-hybridized carbons (Fsp3) is 0.538. The maximum atomic E-state index is 12.4. The molecule has 7 heteroatoms. The number of rotatable bonds is 4. The molecule has 1 saturated carbocycles. The molecule has 2 atom stereocenters. The lowest BCUT2D eigenvalue weighted by atomic mass is 9.85. The third-order valence-electron chi connectivity index (χ3n) is 3.72.